The molecule has 0 spiro atoms. The molecule has 2 aromatic rings. The van der Waals surface area contributed by atoms with E-state index in [1.807, 2.05) is 37.4 Å². The Hall–Kier alpha value is -1.82. The number of aryl methyl sites for hydroxylation is 1. The molecule has 2 rings (SSSR count). The van der Waals surface area contributed by atoms with E-state index in [1.54, 1.807) is 4.57 Å². The van der Waals surface area contributed by atoms with Gasteiger partial charge in [0.1, 0.15) is 6.54 Å². The lowest BCUT2D eigenvalue weighted by Crippen LogP contribution is -2.37. The van der Waals surface area contributed by atoms with E-state index in [-0.39, 0.29) is 6.54 Å². The van der Waals surface area contributed by atoms with E-state index in [0.717, 1.165) is 16.5 Å². The van der Waals surface area contributed by atoms with Gasteiger partial charge in [0.05, 0.1) is 5.25 Å². The average Bonchev–Trinajstić information content (AvgIpc) is 2.66. The van der Waals surface area contributed by atoms with Gasteiger partial charge in [-0.1, -0.05) is 18.2 Å². The molecule has 0 saturated heterocycles. The van der Waals surface area contributed by atoms with Crippen LogP contribution in [-0.4, -0.2) is 24.1 Å². The summed E-state index contributed by atoms with van der Waals surface area (Å²) in [7, 11) is -3.58. The number of nitrogens with zero attached hydrogens (tertiary/aromatic N) is 1. The minimum atomic E-state index is -3.58. The molecule has 20 heavy (non-hydrogen) atoms. The maximum atomic E-state index is 11.9. The van der Waals surface area contributed by atoms with Crippen LogP contribution in [0, 0.1) is 6.92 Å². The summed E-state index contributed by atoms with van der Waals surface area (Å²) >= 11 is 0. The van der Waals surface area contributed by atoms with Crippen molar-refractivity contribution in [2.24, 2.45) is 0 Å². The highest BCUT2D eigenvalue weighted by Gasteiger charge is 2.19. The molecular weight excluding hydrogens is 276 g/mol. The van der Waals surface area contributed by atoms with Gasteiger partial charge < -0.3 is 4.57 Å². The summed E-state index contributed by atoms with van der Waals surface area (Å²) in [5.74, 6) is -0.528. The molecule has 1 heterocycles. The summed E-state index contributed by atoms with van der Waals surface area (Å²) in [4.78, 5) is 11.9. The first-order valence-electron chi connectivity index (χ1n) is 6.40. The molecule has 0 radical (unpaired) electrons. The van der Waals surface area contributed by atoms with Crippen LogP contribution in [0.2, 0.25) is 0 Å². The van der Waals surface area contributed by atoms with Crippen LogP contribution >= 0.6 is 0 Å². The third-order valence-electron chi connectivity index (χ3n) is 3.18. The molecule has 1 amide bonds. The number of hydrogen-bond acceptors (Lipinski definition) is 3. The lowest BCUT2D eigenvalue weighted by atomic mass is 10.2. The number of sulfonamides is 1. The minimum Gasteiger partial charge on any atom is -0.338 e. The van der Waals surface area contributed by atoms with Crippen molar-refractivity contribution in [3.05, 3.63) is 36.0 Å². The van der Waals surface area contributed by atoms with Gasteiger partial charge in [0.25, 0.3) is 5.91 Å². The fourth-order valence-corrected chi connectivity index (χ4v) is 2.64. The smallest absolute Gasteiger partial charge is 0.253 e. The lowest BCUT2D eigenvalue weighted by molar-refractivity contribution is -0.119. The van der Waals surface area contributed by atoms with E-state index >= 15 is 0 Å². The number of para-hydroxylation sites is 1. The standard InChI is InChI=1S/C14H18N2O3S/c1-10(2)20(18,19)15-14(17)9-16-8-11(3)12-6-4-5-7-13(12)16/h4-8,10H,9H2,1-3H3,(H,15,17). The molecule has 5 nitrogen and oxygen atoms in total. The third kappa shape index (κ3) is 2.85. The topological polar surface area (TPSA) is 68.2 Å². The van der Waals surface area contributed by atoms with Crippen LogP contribution in [0.1, 0.15) is 19.4 Å². The molecule has 1 N–H and O–H groups in total. The summed E-state index contributed by atoms with van der Waals surface area (Å²) in [5, 5.41) is 0.432. The summed E-state index contributed by atoms with van der Waals surface area (Å²) in [6.45, 7) is 5.01. The van der Waals surface area contributed by atoms with Gasteiger partial charge in [-0.15, -0.1) is 0 Å². The number of rotatable bonds is 4. The van der Waals surface area contributed by atoms with Gasteiger partial charge in [-0.05, 0) is 32.4 Å². The number of carbonyl (C=O) groups excluding carboxylic acids is 1. The quantitative estimate of drug-likeness (QED) is 0.935. The van der Waals surface area contributed by atoms with Crippen LogP contribution in [0.4, 0.5) is 0 Å². The Bertz CT molecular complexity index is 745. The summed E-state index contributed by atoms with van der Waals surface area (Å²) < 4.78 is 27.2. The molecule has 0 atom stereocenters. The van der Waals surface area contributed by atoms with Crippen LogP contribution in [0.25, 0.3) is 10.9 Å². The van der Waals surface area contributed by atoms with Gasteiger partial charge in [-0.2, -0.15) is 0 Å². The van der Waals surface area contributed by atoms with Gasteiger partial charge in [0.2, 0.25) is 10.0 Å². The second-order valence-electron chi connectivity index (χ2n) is 5.08. The zero-order valence-corrected chi connectivity index (χ0v) is 12.6. The Balaban J connectivity index is 2.23. The largest absolute Gasteiger partial charge is 0.338 e. The Morgan fingerprint density at radius 1 is 1.30 bits per heavy atom. The zero-order valence-electron chi connectivity index (χ0n) is 11.8. The molecule has 108 valence electrons. The zero-order chi connectivity index (χ0) is 14.9. The number of hydrogen-bond donors (Lipinski definition) is 1. The van der Waals surface area contributed by atoms with Gasteiger partial charge in [0.15, 0.2) is 0 Å². The highest BCUT2D eigenvalue weighted by molar-refractivity contribution is 7.90. The number of amides is 1. The van der Waals surface area contributed by atoms with Crippen molar-refractivity contribution in [3.8, 4) is 0 Å². The number of fused-ring (bicyclic) bond motifs is 1. The van der Waals surface area contributed by atoms with Crippen molar-refractivity contribution in [1.29, 1.82) is 0 Å². The van der Waals surface area contributed by atoms with Gasteiger partial charge in [0, 0.05) is 17.1 Å². The summed E-state index contributed by atoms with van der Waals surface area (Å²) in [6.07, 6.45) is 1.85. The van der Waals surface area contributed by atoms with Crippen molar-refractivity contribution >= 4 is 26.8 Å². The Kier molecular flexibility index (Phi) is 3.85. The van der Waals surface area contributed by atoms with E-state index in [9.17, 15) is 13.2 Å². The Labute approximate surface area is 118 Å². The van der Waals surface area contributed by atoms with E-state index in [1.165, 1.54) is 13.8 Å². The maximum Gasteiger partial charge on any atom is 0.253 e. The van der Waals surface area contributed by atoms with E-state index in [4.69, 9.17) is 0 Å². The summed E-state index contributed by atoms with van der Waals surface area (Å²) in [5.41, 5.74) is 1.97. The molecule has 6 heteroatoms. The fraction of sp³-hybridized carbons (Fsp3) is 0.357. The van der Waals surface area contributed by atoms with Crippen molar-refractivity contribution < 1.29 is 13.2 Å². The van der Waals surface area contributed by atoms with E-state index in [2.05, 4.69) is 4.72 Å². The SMILES string of the molecule is Cc1cn(CC(=O)NS(=O)(=O)C(C)C)c2ccccc12. The van der Waals surface area contributed by atoms with Crippen molar-refractivity contribution in [3.63, 3.8) is 0 Å². The minimum absolute atomic E-state index is 0.0136. The highest BCUT2D eigenvalue weighted by atomic mass is 32.2. The maximum absolute atomic E-state index is 11.9. The summed E-state index contributed by atoms with van der Waals surface area (Å²) in [6, 6.07) is 7.71. The van der Waals surface area contributed by atoms with Crippen molar-refractivity contribution in [2.75, 3.05) is 0 Å². The average molecular weight is 294 g/mol. The predicted octanol–water partition coefficient (Wildman–Crippen LogP) is 1.80. The number of benzene rings is 1. The molecular formula is C14H18N2O3S. The molecule has 0 aliphatic rings. The molecule has 0 aliphatic carbocycles. The van der Waals surface area contributed by atoms with Crippen LogP contribution in [0.5, 0.6) is 0 Å². The molecule has 1 aromatic carbocycles. The first kappa shape index (κ1) is 14.6. The van der Waals surface area contributed by atoms with Gasteiger partial charge >= 0.3 is 0 Å². The number of aromatic nitrogens is 1. The molecule has 0 bridgehead atoms. The molecule has 0 fully saturated rings. The highest BCUT2D eigenvalue weighted by Crippen LogP contribution is 2.20. The second-order valence-corrected chi connectivity index (χ2v) is 7.31. The Morgan fingerprint density at radius 3 is 2.60 bits per heavy atom. The number of nitrogens with one attached hydrogen (secondary N) is 1. The van der Waals surface area contributed by atoms with Crippen LogP contribution in [0.3, 0.4) is 0 Å². The fourth-order valence-electron chi connectivity index (χ4n) is 2.02. The van der Waals surface area contributed by atoms with Crippen molar-refractivity contribution in [2.45, 2.75) is 32.6 Å². The van der Waals surface area contributed by atoms with Crippen LogP contribution in [0.15, 0.2) is 30.5 Å². The molecule has 0 unspecified atom stereocenters. The lowest BCUT2D eigenvalue weighted by Gasteiger charge is -2.10. The number of carbonyl (C=O) groups is 1. The third-order valence-corrected chi connectivity index (χ3v) is 4.93. The molecule has 0 saturated carbocycles. The van der Waals surface area contributed by atoms with Gasteiger partial charge in [-0.25, -0.2) is 8.42 Å². The second kappa shape index (κ2) is 5.28. The Morgan fingerprint density at radius 2 is 1.95 bits per heavy atom. The van der Waals surface area contributed by atoms with E-state index in [0.29, 0.717) is 0 Å². The van der Waals surface area contributed by atoms with Crippen LogP contribution in [-0.2, 0) is 21.4 Å². The first-order chi connectivity index (χ1) is 9.31. The van der Waals surface area contributed by atoms with Crippen molar-refractivity contribution in [1.82, 2.24) is 9.29 Å². The first-order valence-corrected chi connectivity index (χ1v) is 7.95. The normalized spacial score (nSPS) is 12.0. The predicted molar refractivity (Wildman–Crippen MR) is 78.9 cm³/mol. The molecule has 0 aliphatic heterocycles. The monoisotopic (exact) mass is 294 g/mol. The molecule has 1 aromatic heterocycles. The van der Waals surface area contributed by atoms with Gasteiger partial charge in [-0.3, -0.25) is 9.52 Å². The van der Waals surface area contributed by atoms with Crippen LogP contribution < -0.4 is 4.72 Å². The van der Waals surface area contributed by atoms with E-state index < -0.39 is 21.2 Å².